The third kappa shape index (κ3) is 9.79. The SMILES string of the molecule is Brc1ccc2c(c1)C1(c3cc(Br)ccc3-2)c2ccccc2-c2c1ccc1c2oc2ccccc21.c1ccc(N(c2ccccc2)c2ccc3c(c2)C2(c4cc(N(c5ccccc5)c5ccccc5)ccc4-3)c3ccccc3-c3c2ccc2c3oc3ccccc32)cc1.c1ccc(Nc2ccccc2)cc1. The van der Waals surface area contributed by atoms with Crippen LogP contribution in [0.15, 0.2) is 394 Å². The molecule has 0 aliphatic heterocycles. The minimum Gasteiger partial charge on any atom is -0.455 e. The average molecular weight is 1470 g/mol. The van der Waals surface area contributed by atoms with Crippen LogP contribution >= 0.6 is 31.9 Å². The van der Waals surface area contributed by atoms with Crippen LogP contribution in [-0.4, -0.2) is 0 Å². The molecule has 0 bridgehead atoms. The second-order valence-corrected chi connectivity index (χ2v) is 29.1. The van der Waals surface area contributed by atoms with Gasteiger partial charge >= 0.3 is 0 Å². The summed E-state index contributed by atoms with van der Waals surface area (Å²) >= 11 is 7.54. The molecule has 18 aromatic rings. The van der Waals surface area contributed by atoms with Crippen LogP contribution in [0.1, 0.15) is 44.5 Å². The molecule has 0 atom stereocenters. The number of para-hydroxylation sites is 8. The predicted molar refractivity (Wildman–Crippen MR) is 441 cm³/mol. The molecule has 4 aliphatic carbocycles. The van der Waals surface area contributed by atoms with Crippen molar-refractivity contribution in [2.24, 2.45) is 0 Å². The van der Waals surface area contributed by atoms with Crippen LogP contribution in [0.2, 0.25) is 0 Å². The van der Waals surface area contributed by atoms with E-state index in [0.29, 0.717) is 0 Å². The quantitative estimate of drug-likeness (QED) is 0.164. The Balaban J connectivity index is 0.000000130. The van der Waals surface area contributed by atoms with Crippen molar-refractivity contribution >= 4 is 121 Å². The highest BCUT2D eigenvalue weighted by Gasteiger charge is 2.55. The van der Waals surface area contributed by atoms with Gasteiger partial charge in [0.1, 0.15) is 22.3 Å². The molecule has 105 heavy (non-hydrogen) atoms. The molecule has 0 fully saturated rings. The van der Waals surface area contributed by atoms with E-state index in [9.17, 15) is 0 Å². The highest BCUT2D eigenvalue weighted by molar-refractivity contribution is 9.10. The van der Waals surface area contributed by atoms with Crippen molar-refractivity contribution in [3.8, 4) is 44.5 Å². The Bertz CT molecular complexity index is 6120. The molecule has 4 aliphatic rings. The first-order valence-electron chi connectivity index (χ1n) is 35.6. The highest BCUT2D eigenvalue weighted by Crippen LogP contribution is 2.67. The summed E-state index contributed by atoms with van der Waals surface area (Å²) in [5, 5.41) is 7.91. The van der Waals surface area contributed by atoms with Crippen LogP contribution < -0.4 is 15.1 Å². The van der Waals surface area contributed by atoms with Crippen LogP contribution in [0.3, 0.4) is 0 Å². The lowest BCUT2D eigenvalue weighted by Crippen LogP contribution is -2.26. The van der Waals surface area contributed by atoms with Crippen molar-refractivity contribution in [2.45, 2.75) is 10.8 Å². The van der Waals surface area contributed by atoms with E-state index in [1.807, 2.05) is 66.7 Å². The van der Waals surface area contributed by atoms with E-state index in [0.717, 1.165) is 92.9 Å². The number of hydrogen-bond donors (Lipinski definition) is 1. The molecule has 2 heterocycles. The summed E-state index contributed by atoms with van der Waals surface area (Å²) in [5.74, 6) is 0. The van der Waals surface area contributed by atoms with Gasteiger partial charge in [-0.1, -0.05) is 275 Å². The fourth-order valence-corrected chi connectivity index (χ4v) is 18.2. The molecule has 0 saturated heterocycles. The zero-order valence-corrected chi connectivity index (χ0v) is 59.9. The molecule has 7 heteroatoms. The van der Waals surface area contributed by atoms with Gasteiger partial charge in [-0.2, -0.15) is 0 Å². The van der Waals surface area contributed by atoms with Crippen LogP contribution in [0.4, 0.5) is 45.5 Å². The second kappa shape index (κ2) is 25.2. The van der Waals surface area contributed by atoms with Crippen molar-refractivity contribution < 1.29 is 8.83 Å². The molecule has 1 N–H and O–H groups in total. The molecule has 0 radical (unpaired) electrons. The summed E-state index contributed by atoms with van der Waals surface area (Å²) in [6.07, 6.45) is 0. The maximum atomic E-state index is 6.87. The Morgan fingerprint density at radius 1 is 0.229 bits per heavy atom. The average Bonchev–Trinajstić information content (AvgIpc) is 1.51. The Hall–Kier alpha value is -12.5. The van der Waals surface area contributed by atoms with Crippen LogP contribution in [0, 0.1) is 0 Å². The van der Waals surface area contributed by atoms with E-state index in [1.54, 1.807) is 0 Å². The van der Waals surface area contributed by atoms with Crippen molar-refractivity contribution in [2.75, 3.05) is 15.1 Å². The second-order valence-electron chi connectivity index (χ2n) is 27.2. The Kier molecular flexibility index (Phi) is 14.9. The third-order valence-electron chi connectivity index (χ3n) is 21.7. The lowest BCUT2D eigenvalue weighted by Gasteiger charge is -2.33. The zero-order chi connectivity index (χ0) is 69.7. The fraction of sp³-hybridized carbons (Fsp3) is 0.0204. The van der Waals surface area contributed by atoms with Gasteiger partial charge in [-0.15, -0.1) is 0 Å². The van der Waals surface area contributed by atoms with E-state index in [-0.39, 0.29) is 0 Å². The minimum absolute atomic E-state index is 0.392. The summed E-state index contributed by atoms with van der Waals surface area (Å²) in [4.78, 5) is 4.75. The van der Waals surface area contributed by atoms with E-state index in [4.69, 9.17) is 8.83 Å². The van der Waals surface area contributed by atoms with E-state index in [1.165, 1.54) is 94.4 Å². The van der Waals surface area contributed by atoms with Crippen LogP contribution in [0.25, 0.3) is 88.4 Å². The van der Waals surface area contributed by atoms with Crippen molar-refractivity contribution in [1.82, 2.24) is 0 Å². The molecule has 16 aromatic carbocycles. The number of nitrogens with one attached hydrogen (secondary N) is 1. The van der Waals surface area contributed by atoms with Crippen molar-refractivity contribution in [3.05, 3.63) is 430 Å². The molecule has 2 aromatic heterocycles. The lowest BCUT2D eigenvalue weighted by atomic mass is 9.70. The van der Waals surface area contributed by atoms with Crippen molar-refractivity contribution in [3.63, 3.8) is 0 Å². The van der Waals surface area contributed by atoms with Crippen LogP contribution in [0.5, 0.6) is 0 Å². The van der Waals surface area contributed by atoms with Gasteiger partial charge in [-0.3, -0.25) is 0 Å². The number of nitrogens with zero attached hydrogens (tertiary/aromatic N) is 2. The normalized spacial score (nSPS) is 13.0. The molecule has 2 spiro atoms. The third-order valence-corrected chi connectivity index (χ3v) is 22.7. The number of hydrogen-bond acceptors (Lipinski definition) is 5. The highest BCUT2D eigenvalue weighted by atomic mass is 79.9. The first-order valence-corrected chi connectivity index (χ1v) is 37.2. The Morgan fingerprint density at radius 3 is 0.924 bits per heavy atom. The lowest BCUT2D eigenvalue weighted by molar-refractivity contribution is 0.668. The number of benzene rings is 16. The molecule has 5 nitrogen and oxygen atoms in total. The predicted octanol–water partition coefficient (Wildman–Crippen LogP) is 27.8. The van der Waals surface area contributed by atoms with Gasteiger partial charge in [0.25, 0.3) is 0 Å². The fourth-order valence-electron chi connectivity index (χ4n) is 17.5. The molecule has 0 amide bonds. The smallest absolute Gasteiger partial charge is 0.143 e. The summed E-state index contributed by atoms with van der Waals surface area (Å²) in [6, 6.07) is 135. The maximum absolute atomic E-state index is 6.87. The molecular formula is C98H63Br2N3O2. The van der Waals surface area contributed by atoms with Gasteiger partial charge in [0.2, 0.25) is 0 Å². The van der Waals surface area contributed by atoms with E-state index >= 15 is 0 Å². The van der Waals surface area contributed by atoms with Gasteiger partial charge in [0.15, 0.2) is 0 Å². The number of fused-ring (bicyclic) bond motifs is 28. The number of rotatable bonds is 8. The summed E-state index contributed by atoms with van der Waals surface area (Å²) in [7, 11) is 0. The van der Waals surface area contributed by atoms with Gasteiger partial charge in [0, 0.05) is 87.1 Å². The summed E-state index contributed by atoms with van der Waals surface area (Å²) in [5.41, 5.74) is 31.8. The Morgan fingerprint density at radius 2 is 0.543 bits per heavy atom. The topological polar surface area (TPSA) is 44.8 Å². The monoisotopic (exact) mass is 1470 g/mol. The van der Waals surface area contributed by atoms with Crippen LogP contribution in [-0.2, 0) is 10.8 Å². The standard InChI is InChI=1S/C55H36N2O.C31H16Br2O.C12H11N/c1-5-17-37(18-6-1)56(38-19-7-2-8-20-38)41-29-31-43-44-32-30-42(57(39-21-9-3-10-22-39)40-23-11-4-12-24-40)36-51(44)55(50(43)35-41)48-27-15-13-26-47(48)53-49(55)34-33-46-45-25-14-16-28-52(45)58-54(46)53;32-17-9-11-19-20-12-10-18(33)16-27(20)31(26(19)15-17)24-7-3-1-6-23(24)29-25(31)14-13-22-21-5-2-4-8-28(21)34-30(22)29;1-3-7-11(8-4-1)13-12-9-5-2-6-10-12/h1-36H;1-16H;1-10,13H. The van der Waals surface area contributed by atoms with Gasteiger partial charge in [-0.25, -0.2) is 0 Å². The zero-order valence-electron chi connectivity index (χ0n) is 56.8. The Labute approximate surface area is 625 Å². The molecule has 0 saturated carbocycles. The van der Waals surface area contributed by atoms with E-state index in [2.05, 4.69) is 356 Å². The summed E-state index contributed by atoms with van der Waals surface area (Å²) < 4.78 is 15.6. The first-order chi connectivity index (χ1) is 51.9. The van der Waals surface area contributed by atoms with Gasteiger partial charge in [-0.05, 0) is 211 Å². The minimum atomic E-state index is -0.631. The van der Waals surface area contributed by atoms with Gasteiger partial charge < -0.3 is 24.0 Å². The van der Waals surface area contributed by atoms with Gasteiger partial charge in [0.05, 0.1) is 10.8 Å². The molecule has 496 valence electrons. The number of halogens is 2. The molecule has 22 rings (SSSR count). The summed E-state index contributed by atoms with van der Waals surface area (Å²) in [6.45, 7) is 0. The largest absolute Gasteiger partial charge is 0.455 e. The molecule has 0 unspecified atom stereocenters. The maximum Gasteiger partial charge on any atom is 0.143 e. The van der Waals surface area contributed by atoms with Crippen molar-refractivity contribution in [1.29, 1.82) is 0 Å². The molecular weight excluding hydrogens is 1410 g/mol. The number of anilines is 8. The first kappa shape index (κ1) is 62.3. The number of furan rings is 2. The van der Waals surface area contributed by atoms with E-state index < -0.39 is 10.8 Å².